The molecule has 0 bridgehead atoms. The predicted octanol–water partition coefficient (Wildman–Crippen LogP) is 2.68. The van der Waals surface area contributed by atoms with Crippen molar-refractivity contribution in [1.82, 2.24) is 5.32 Å². The molecule has 23 heavy (non-hydrogen) atoms. The summed E-state index contributed by atoms with van der Waals surface area (Å²) >= 11 is 0. The monoisotopic (exact) mass is 339 g/mol. The molecule has 0 heterocycles. The Morgan fingerprint density at radius 1 is 1.22 bits per heavy atom. The maximum Gasteiger partial charge on any atom is 0.221 e. The summed E-state index contributed by atoms with van der Waals surface area (Å²) in [6.45, 7) is 0. The SMILES string of the molecule is O=C(CCS(=O)(=O)C1CCCC1)N[C@@H]1CCc2ccc(F)cc21. The third-order valence-electron chi connectivity index (χ3n) is 4.94. The summed E-state index contributed by atoms with van der Waals surface area (Å²) in [6.07, 6.45) is 4.89. The van der Waals surface area contributed by atoms with Crippen molar-refractivity contribution in [1.29, 1.82) is 0 Å². The zero-order chi connectivity index (χ0) is 16.4. The van der Waals surface area contributed by atoms with Crippen molar-refractivity contribution >= 4 is 15.7 Å². The minimum Gasteiger partial charge on any atom is -0.349 e. The van der Waals surface area contributed by atoms with Crippen LogP contribution in [0, 0.1) is 5.82 Å². The van der Waals surface area contributed by atoms with E-state index in [1.54, 1.807) is 6.07 Å². The van der Waals surface area contributed by atoms with Crippen LogP contribution < -0.4 is 5.32 Å². The molecule has 1 aromatic carbocycles. The van der Waals surface area contributed by atoms with E-state index in [1.165, 1.54) is 12.1 Å². The van der Waals surface area contributed by atoms with Crippen LogP contribution in [0.25, 0.3) is 0 Å². The standard InChI is InChI=1S/C17H22FNO3S/c18-13-7-5-12-6-8-16(15(12)11-13)19-17(20)9-10-23(21,22)14-3-1-2-4-14/h5,7,11,14,16H,1-4,6,8-10H2,(H,19,20)/t16-/m1/s1. The second-order valence-electron chi connectivity index (χ2n) is 6.53. The fraction of sp³-hybridized carbons (Fsp3) is 0.588. The molecule has 3 rings (SSSR count). The van der Waals surface area contributed by atoms with Gasteiger partial charge in [0.2, 0.25) is 5.91 Å². The van der Waals surface area contributed by atoms with Gasteiger partial charge in [0.15, 0.2) is 9.84 Å². The van der Waals surface area contributed by atoms with Crippen LogP contribution >= 0.6 is 0 Å². The Morgan fingerprint density at radius 3 is 2.70 bits per heavy atom. The molecule has 1 amide bonds. The van der Waals surface area contributed by atoms with Gasteiger partial charge in [-0.15, -0.1) is 0 Å². The van der Waals surface area contributed by atoms with E-state index in [0.29, 0.717) is 0 Å². The van der Waals surface area contributed by atoms with Gasteiger partial charge in [-0.25, -0.2) is 12.8 Å². The Bertz CT molecular complexity index is 696. The van der Waals surface area contributed by atoms with E-state index >= 15 is 0 Å². The van der Waals surface area contributed by atoms with Gasteiger partial charge in [0, 0.05) is 6.42 Å². The van der Waals surface area contributed by atoms with Crippen LogP contribution in [0.5, 0.6) is 0 Å². The summed E-state index contributed by atoms with van der Waals surface area (Å²) in [6, 6.07) is 4.43. The van der Waals surface area contributed by atoms with Crippen LogP contribution in [-0.2, 0) is 21.1 Å². The number of amides is 1. The Hall–Kier alpha value is -1.43. The van der Waals surface area contributed by atoms with Gasteiger partial charge in [0.05, 0.1) is 17.0 Å². The third-order valence-corrected chi connectivity index (χ3v) is 7.20. The molecule has 0 aromatic heterocycles. The van der Waals surface area contributed by atoms with Crippen molar-refractivity contribution in [2.75, 3.05) is 5.75 Å². The first kappa shape index (κ1) is 16.4. The third kappa shape index (κ3) is 3.74. The Kier molecular flexibility index (Phi) is 4.71. The van der Waals surface area contributed by atoms with Crippen LogP contribution in [0.4, 0.5) is 4.39 Å². The van der Waals surface area contributed by atoms with Crippen molar-refractivity contribution in [3.63, 3.8) is 0 Å². The van der Waals surface area contributed by atoms with E-state index in [1.807, 2.05) is 0 Å². The molecule has 1 N–H and O–H groups in total. The van der Waals surface area contributed by atoms with Crippen molar-refractivity contribution in [3.8, 4) is 0 Å². The molecule has 1 aromatic rings. The van der Waals surface area contributed by atoms with Gasteiger partial charge < -0.3 is 5.32 Å². The summed E-state index contributed by atoms with van der Waals surface area (Å²) in [5.41, 5.74) is 1.87. The molecule has 2 aliphatic carbocycles. The lowest BCUT2D eigenvalue weighted by Crippen LogP contribution is -2.30. The molecule has 126 valence electrons. The molecule has 0 spiro atoms. The van der Waals surface area contributed by atoms with Gasteiger partial charge in [-0.2, -0.15) is 0 Å². The largest absolute Gasteiger partial charge is 0.349 e. The highest BCUT2D eigenvalue weighted by Gasteiger charge is 2.30. The maximum atomic E-state index is 13.4. The minimum atomic E-state index is -3.18. The fourth-order valence-electron chi connectivity index (χ4n) is 3.64. The topological polar surface area (TPSA) is 63.2 Å². The van der Waals surface area contributed by atoms with Crippen molar-refractivity contribution in [3.05, 3.63) is 35.1 Å². The number of nitrogens with one attached hydrogen (secondary N) is 1. The number of carbonyl (C=O) groups is 1. The number of hydrogen-bond donors (Lipinski definition) is 1. The Labute approximate surface area is 136 Å². The van der Waals surface area contributed by atoms with Crippen molar-refractivity contribution in [2.45, 2.75) is 56.2 Å². The van der Waals surface area contributed by atoms with E-state index < -0.39 is 9.84 Å². The smallest absolute Gasteiger partial charge is 0.221 e. The average molecular weight is 339 g/mol. The molecule has 6 heteroatoms. The number of aryl methyl sites for hydroxylation is 1. The van der Waals surface area contributed by atoms with E-state index in [-0.39, 0.29) is 35.2 Å². The van der Waals surface area contributed by atoms with Crippen LogP contribution in [0.2, 0.25) is 0 Å². The van der Waals surface area contributed by atoms with Crippen LogP contribution in [0.3, 0.4) is 0 Å². The van der Waals surface area contributed by atoms with Gasteiger partial charge >= 0.3 is 0 Å². The van der Waals surface area contributed by atoms with E-state index in [2.05, 4.69) is 5.32 Å². The Morgan fingerprint density at radius 2 is 1.96 bits per heavy atom. The number of fused-ring (bicyclic) bond motifs is 1. The zero-order valence-corrected chi connectivity index (χ0v) is 13.9. The van der Waals surface area contributed by atoms with Gasteiger partial charge in [0.1, 0.15) is 5.82 Å². The molecule has 4 nitrogen and oxygen atoms in total. The van der Waals surface area contributed by atoms with E-state index in [0.717, 1.165) is 49.7 Å². The fourth-order valence-corrected chi connectivity index (χ4v) is 5.49. The highest BCUT2D eigenvalue weighted by Crippen LogP contribution is 2.31. The summed E-state index contributed by atoms with van der Waals surface area (Å²) < 4.78 is 37.7. The molecule has 1 saturated carbocycles. The first-order valence-electron chi connectivity index (χ1n) is 8.25. The highest BCUT2D eigenvalue weighted by molar-refractivity contribution is 7.92. The number of benzene rings is 1. The molecule has 0 aliphatic heterocycles. The van der Waals surface area contributed by atoms with Gasteiger partial charge in [-0.3, -0.25) is 4.79 Å². The normalized spacial score (nSPS) is 21.3. The molecular formula is C17H22FNO3S. The van der Waals surface area contributed by atoms with Gasteiger partial charge in [-0.1, -0.05) is 18.9 Å². The minimum absolute atomic E-state index is 0.0139. The lowest BCUT2D eigenvalue weighted by Gasteiger charge is -2.15. The first-order valence-corrected chi connectivity index (χ1v) is 9.96. The van der Waals surface area contributed by atoms with Gasteiger partial charge in [-0.05, 0) is 48.9 Å². The number of rotatable bonds is 5. The molecule has 1 fully saturated rings. The summed E-state index contributed by atoms with van der Waals surface area (Å²) in [5, 5.41) is 2.59. The number of hydrogen-bond acceptors (Lipinski definition) is 3. The highest BCUT2D eigenvalue weighted by atomic mass is 32.2. The lowest BCUT2D eigenvalue weighted by atomic mass is 10.1. The zero-order valence-electron chi connectivity index (χ0n) is 13.1. The predicted molar refractivity (Wildman–Crippen MR) is 86.3 cm³/mol. The summed E-state index contributed by atoms with van der Waals surface area (Å²) in [5.74, 6) is -0.672. The molecule has 0 unspecified atom stereocenters. The quantitative estimate of drug-likeness (QED) is 0.897. The second-order valence-corrected chi connectivity index (χ2v) is 8.93. The molecule has 1 atom stereocenters. The Balaban J connectivity index is 1.56. The lowest BCUT2D eigenvalue weighted by molar-refractivity contribution is -0.121. The molecule has 2 aliphatic rings. The van der Waals surface area contributed by atoms with Gasteiger partial charge in [0.25, 0.3) is 0 Å². The van der Waals surface area contributed by atoms with Crippen LogP contribution in [-0.4, -0.2) is 25.3 Å². The number of halogens is 1. The average Bonchev–Trinajstić information content (AvgIpc) is 3.16. The van der Waals surface area contributed by atoms with Crippen LogP contribution in [0.1, 0.15) is 55.7 Å². The maximum absolute atomic E-state index is 13.4. The number of carbonyl (C=O) groups excluding carboxylic acids is 1. The van der Waals surface area contributed by atoms with Crippen molar-refractivity contribution in [2.24, 2.45) is 0 Å². The second kappa shape index (κ2) is 6.59. The molecule has 0 saturated heterocycles. The molecule has 0 radical (unpaired) electrons. The summed E-state index contributed by atoms with van der Waals surface area (Å²) in [7, 11) is -3.18. The van der Waals surface area contributed by atoms with Crippen molar-refractivity contribution < 1.29 is 17.6 Å². The number of sulfone groups is 1. The van der Waals surface area contributed by atoms with Crippen LogP contribution in [0.15, 0.2) is 18.2 Å². The van der Waals surface area contributed by atoms with E-state index in [4.69, 9.17) is 0 Å². The van der Waals surface area contributed by atoms with E-state index in [9.17, 15) is 17.6 Å². The first-order chi connectivity index (χ1) is 11.0. The summed E-state index contributed by atoms with van der Waals surface area (Å²) in [4.78, 5) is 12.1. The molecular weight excluding hydrogens is 317 g/mol.